The van der Waals surface area contributed by atoms with Crippen molar-refractivity contribution in [1.29, 1.82) is 0 Å². The summed E-state index contributed by atoms with van der Waals surface area (Å²) in [5.41, 5.74) is 2.44. The fourth-order valence-electron chi connectivity index (χ4n) is 2.83. The highest BCUT2D eigenvalue weighted by Crippen LogP contribution is 2.26. The van der Waals surface area contributed by atoms with Gasteiger partial charge in [0.05, 0.1) is 7.11 Å². The van der Waals surface area contributed by atoms with Gasteiger partial charge in [-0.2, -0.15) is 0 Å². The summed E-state index contributed by atoms with van der Waals surface area (Å²) in [7, 11) is 1.56. The fourth-order valence-corrected chi connectivity index (χ4v) is 2.83. The molecule has 0 bridgehead atoms. The lowest BCUT2D eigenvalue weighted by molar-refractivity contribution is 0.373. The first-order valence-corrected chi connectivity index (χ1v) is 9.57. The smallest absolute Gasteiger partial charge is 0.191 e. The Morgan fingerprint density at radius 3 is 2.59 bits per heavy atom. The number of aryl methyl sites for hydroxylation is 1. The number of nitrogens with zero attached hydrogens (tertiary/aromatic N) is 1. The summed E-state index contributed by atoms with van der Waals surface area (Å²) >= 11 is 0. The summed E-state index contributed by atoms with van der Waals surface area (Å²) in [6.45, 7) is 5.73. The number of hydrogen-bond acceptors (Lipinski definition) is 3. The largest absolute Gasteiger partial charge is 0.504 e. The van der Waals surface area contributed by atoms with Crippen molar-refractivity contribution in [3.8, 4) is 11.5 Å². The molecule has 0 heterocycles. The van der Waals surface area contributed by atoms with E-state index in [-0.39, 0.29) is 5.75 Å². The SMILES string of the molecule is CCNC(=NCCc1ccc(O)c(OC)c1)NC(C)CCc1ccccc1. The Hall–Kier alpha value is -2.69. The summed E-state index contributed by atoms with van der Waals surface area (Å²) in [5, 5.41) is 16.5. The molecule has 0 aliphatic rings. The van der Waals surface area contributed by atoms with E-state index in [9.17, 15) is 5.11 Å². The number of methoxy groups -OCH3 is 1. The van der Waals surface area contributed by atoms with Crippen LogP contribution in [-0.2, 0) is 12.8 Å². The van der Waals surface area contributed by atoms with E-state index >= 15 is 0 Å². The maximum absolute atomic E-state index is 9.68. The van der Waals surface area contributed by atoms with Crippen molar-refractivity contribution >= 4 is 5.96 Å². The van der Waals surface area contributed by atoms with E-state index in [0.717, 1.165) is 37.3 Å². The zero-order chi connectivity index (χ0) is 19.5. The quantitative estimate of drug-likeness (QED) is 0.467. The van der Waals surface area contributed by atoms with Crippen molar-refractivity contribution in [1.82, 2.24) is 10.6 Å². The molecule has 0 saturated heterocycles. The molecule has 0 aliphatic heterocycles. The Bertz CT molecular complexity index is 717. The molecule has 0 spiro atoms. The van der Waals surface area contributed by atoms with Gasteiger partial charge in [0, 0.05) is 19.1 Å². The molecule has 2 rings (SSSR count). The third-order valence-electron chi connectivity index (χ3n) is 4.35. The van der Waals surface area contributed by atoms with Crippen LogP contribution in [0.2, 0.25) is 0 Å². The van der Waals surface area contributed by atoms with Gasteiger partial charge < -0.3 is 20.5 Å². The second kappa shape index (κ2) is 11.1. The van der Waals surface area contributed by atoms with Gasteiger partial charge in [0.25, 0.3) is 0 Å². The lowest BCUT2D eigenvalue weighted by atomic mass is 10.1. The van der Waals surface area contributed by atoms with E-state index in [2.05, 4.69) is 53.7 Å². The molecule has 0 radical (unpaired) electrons. The van der Waals surface area contributed by atoms with E-state index in [1.807, 2.05) is 18.2 Å². The van der Waals surface area contributed by atoms with Crippen LogP contribution in [0.25, 0.3) is 0 Å². The van der Waals surface area contributed by atoms with E-state index in [1.54, 1.807) is 13.2 Å². The van der Waals surface area contributed by atoms with Crippen molar-refractivity contribution < 1.29 is 9.84 Å². The molecule has 0 aliphatic carbocycles. The number of aliphatic imine (C=N–C) groups is 1. The molecule has 5 heteroatoms. The van der Waals surface area contributed by atoms with E-state index in [4.69, 9.17) is 4.74 Å². The van der Waals surface area contributed by atoms with Crippen molar-refractivity contribution in [2.24, 2.45) is 4.99 Å². The first-order chi connectivity index (χ1) is 13.1. The number of hydrogen-bond donors (Lipinski definition) is 3. The average Bonchev–Trinajstić information content (AvgIpc) is 2.68. The monoisotopic (exact) mass is 369 g/mol. The predicted octanol–water partition coefficient (Wildman–Crippen LogP) is 3.52. The molecule has 0 fully saturated rings. The summed E-state index contributed by atoms with van der Waals surface area (Å²) in [6.07, 6.45) is 2.87. The Labute approximate surface area is 162 Å². The van der Waals surface area contributed by atoms with Crippen molar-refractivity contribution in [3.05, 3.63) is 59.7 Å². The van der Waals surface area contributed by atoms with Crippen LogP contribution in [0.5, 0.6) is 11.5 Å². The van der Waals surface area contributed by atoms with Crippen LogP contribution in [0.3, 0.4) is 0 Å². The van der Waals surface area contributed by atoms with Gasteiger partial charge in [-0.15, -0.1) is 0 Å². The molecule has 3 N–H and O–H groups in total. The number of nitrogens with one attached hydrogen (secondary N) is 2. The molecule has 0 saturated carbocycles. The van der Waals surface area contributed by atoms with Crippen LogP contribution in [0.15, 0.2) is 53.5 Å². The Morgan fingerprint density at radius 2 is 1.89 bits per heavy atom. The Morgan fingerprint density at radius 1 is 1.11 bits per heavy atom. The summed E-state index contributed by atoms with van der Waals surface area (Å²) < 4.78 is 5.16. The van der Waals surface area contributed by atoms with Gasteiger partial charge >= 0.3 is 0 Å². The van der Waals surface area contributed by atoms with Crippen LogP contribution in [0.4, 0.5) is 0 Å². The van der Waals surface area contributed by atoms with E-state index in [0.29, 0.717) is 18.3 Å². The predicted molar refractivity (Wildman–Crippen MR) is 112 cm³/mol. The molecule has 146 valence electrons. The molecule has 5 nitrogen and oxygen atoms in total. The number of guanidine groups is 1. The molecule has 2 aromatic rings. The van der Waals surface area contributed by atoms with Gasteiger partial charge in [-0.1, -0.05) is 36.4 Å². The number of phenolic OH excluding ortho intramolecular Hbond substituents is 1. The van der Waals surface area contributed by atoms with Crippen LogP contribution in [0, 0.1) is 0 Å². The minimum absolute atomic E-state index is 0.159. The van der Waals surface area contributed by atoms with Gasteiger partial charge in [-0.05, 0) is 56.4 Å². The molecular formula is C22H31N3O2. The number of aromatic hydroxyl groups is 1. The summed E-state index contributed by atoms with van der Waals surface area (Å²) in [6, 6.07) is 16.3. The highest BCUT2D eigenvalue weighted by Gasteiger charge is 2.06. The third kappa shape index (κ3) is 7.21. The Balaban J connectivity index is 1.85. The van der Waals surface area contributed by atoms with Crippen molar-refractivity contribution in [2.45, 2.75) is 39.2 Å². The normalized spacial score (nSPS) is 12.5. The maximum Gasteiger partial charge on any atom is 0.191 e. The zero-order valence-corrected chi connectivity index (χ0v) is 16.5. The molecule has 0 aromatic heterocycles. The lowest BCUT2D eigenvalue weighted by Crippen LogP contribution is -2.42. The van der Waals surface area contributed by atoms with Gasteiger partial charge in [-0.25, -0.2) is 0 Å². The average molecular weight is 370 g/mol. The topological polar surface area (TPSA) is 65.9 Å². The minimum Gasteiger partial charge on any atom is -0.504 e. The zero-order valence-electron chi connectivity index (χ0n) is 16.5. The van der Waals surface area contributed by atoms with Gasteiger partial charge in [0.15, 0.2) is 17.5 Å². The Kier molecular flexibility index (Phi) is 8.49. The van der Waals surface area contributed by atoms with Crippen LogP contribution in [0.1, 0.15) is 31.4 Å². The third-order valence-corrected chi connectivity index (χ3v) is 4.35. The molecule has 0 amide bonds. The molecule has 1 atom stereocenters. The second-order valence-corrected chi connectivity index (χ2v) is 6.59. The van der Waals surface area contributed by atoms with Gasteiger partial charge in [-0.3, -0.25) is 4.99 Å². The highest BCUT2D eigenvalue weighted by atomic mass is 16.5. The van der Waals surface area contributed by atoms with E-state index < -0.39 is 0 Å². The molecule has 1 unspecified atom stereocenters. The highest BCUT2D eigenvalue weighted by molar-refractivity contribution is 5.80. The lowest BCUT2D eigenvalue weighted by Gasteiger charge is -2.18. The number of ether oxygens (including phenoxy) is 1. The molecule has 2 aromatic carbocycles. The van der Waals surface area contributed by atoms with Gasteiger partial charge in [0.2, 0.25) is 0 Å². The molecular weight excluding hydrogens is 338 g/mol. The van der Waals surface area contributed by atoms with Crippen LogP contribution in [-0.4, -0.2) is 37.3 Å². The number of benzene rings is 2. The number of rotatable bonds is 9. The van der Waals surface area contributed by atoms with E-state index in [1.165, 1.54) is 5.56 Å². The first kappa shape index (κ1) is 20.6. The molecule has 27 heavy (non-hydrogen) atoms. The summed E-state index contributed by atoms with van der Waals surface area (Å²) in [5.74, 6) is 1.49. The fraction of sp³-hybridized carbons (Fsp3) is 0.409. The first-order valence-electron chi connectivity index (χ1n) is 9.57. The van der Waals surface area contributed by atoms with Crippen LogP contribution < -0.4 is 15.4 Å². The van der Waals surface area contributed by atoms with Crippen molar-refractivity contribution in [3.63, 3.8) is 0 Å². The van der Waals surface area contributed by atoms with Gasteiger partial charge in [0.1, 0.15) is 0 Å². The second-order valence-electron chi connectivity index (χ2n) is 6.59. The summed E-state index contributed by atoms with van der Waals surface area (Å²) in [4.78, 5) is 4.67. The standard InChI is InChI=1S/C22H31N3O2/c1-4-23-22(25-17(2)10-11-18-8-6-5-7-9-18)24-15-14-19-12-13-20(26)21(16-19)27-3/h5-9,12-13,16-17,26H,4,10-11,14-15H2,1-3H3,(H2,23,24,25). The van der Waals surface area contributed by atoms with Crippen molar-refractivity contribution in [2.75, 3.05) is 20.2 Å². The van der Waals surface area contributed by atoms with Crippen LogP contribution >= 0.6 is 0 Å². The maximum atomic E-state index is 9.68. The minimum atomic E-state index is 0.159. The number of phenols is 1.